The van der Waals surface area contributed by atoms with Gasteiger partial charge in [-0.15, -0.1) is 11.3 Å². The summed E-state index contributed by atoms with van der Waals surface area (Å²) in [4.78, 5) is 5.03. The normalized spacial score (nSPS) is 12.8. The third kappa shape index (κ3) is 2.92. The molecule has 1 nitrogen and oxygen atoms in total. The minimum absolute atomic E-state index is 0.315. The second kappa shape index (κ2) is 6.12. The number of rotatable bonds is 3. The molecule has 3 rings (SSSR count). The molecule has 0 bridgehead atoms. The van der Waals surface area contributed by atoms with E-state index in [1.54, 1.807) is 11.3 Å². The summed E-state index contributed by atoms with van der Waals surface area (Å²) >= 11 is 8.04. The van der Waals surface area contributed by atoms with E-state index in [9.17, 15) is 0 Å². The lowest BCUT2D eigenvalue weighted by Gasteiger charge is -2.12. The van der Waals surface area contributed by atoms with Crippen molar-refractivity contribution >= 4 is 60.1 Å². The number of thiazole rings is 1. The molecule has 1 heterocycles. The van der Waals surface area contributed by atoms with Gasteiger partial charge in [0, 0.05) is 14.8 Å². The first-order chi connectivity index (χ1) is 9.65. The van der Waals surface area contributed by atoms with Crippen molar-refractivity contribution < 1.29 is 0 Å². The Balaban J connectivity index is 1.88. The van der Waals surface area contributed by atoms with Crippen molar-refractivity contribution in [1.82, 2.24) is 4.98 Å². The van der Waals surface area contributed by atoms with Gasteiger partial charge in [-0.05, 0) is 52.8 Å². The first-order valence-electron chi connectivity index (χ1n) is 6.38. The number of fused-ring (bicyclic) bond motifs is 1. The average Bonchev–Trinajstić information content (AvgIpc) is 2.83. The number of aryl methyl sites for hydroxylation is 1. The molecule has 0 radical (unpaired) electrons. The highest BCUT2D eigenvalue weighted by atomic mass is 127. The second-order valence-corrected chi connectivity index (χ2v) is 8.02. The molecule has 0 spiro atoms. The zero-order valence-corrected chi connectivity index (χ0v) is 15.5. The Kier molecular flexibility index (Phi) is 4.43. The maximum absolute atomic E-state index is 4.72. The molecule has 1 unspecified atom stereocenters. The standard InChI is InChI=1S/C16H13BrINS/c1-10-5-4-6-11(16(10)18)12(17)9-15-19-13-7-2-3-8-14(13)20-15/h2-8,12H,9H2,1H3. The molecule has 1 atom stereocenters. The summed E-state index contributed by atoms with van der Waals surface area (Å²) in [5.74, 6) is 0. The maximum Gasteiger partial charge on any atom is 0.0953 e. The number of nitrogens with zero attached hydrogens (tertiary/aromatic N) is 1. The van der Waals surface area contributed by atoms with Crippen LogP contribution in [0.25, 0.3) is 10.2 Å². The molecule has 20 heavy (non-hydrogen) atoms. The van der Waals surface area contributed by atoms with Gasteiger partial charge in [0.2, 0.25) is 0 Å². The van der Waals surface area contributed by atoms with Crippen molar-refractivity contribution in [3.63, 3.8) is 0 Å². The molecule has 0 aliphatic heterocycles. The molecule has 1 aromatic heterocycles. The highest BCUT2D eigenvalue weighted by Gasteiger charge is 2.15. The van der Waals surface area contributed by atoms with Gasteiger partial charge in [-0.3, -0.25) is 0 Å². The zero-order chi connectivity index (χ0) is 14.1. The quantitative estimate of drug-likeness (QED) is 0.353. The van der Waals surface area contributed by atoms with Gasteiger partial charge in [-0.25, -0.2) is 4.98 Å². The number of benzene rings is 2. The molecule has 0 aliphatic carbocycles. The lowest BCUT2D eigenvalue weighted by Crippen LogP contribution is -1.99. The van der Waals surface area contributed by atoms with Gasteiger partial charge in [0.1, 0.15) is 0 Å². The summed E-state index contributed by atoms with van der Waals surface area (Å²) in [5, 5.41) is 1.19. The number of hydrogen-bond donors (Lipinski definition) is 0. The molecule has 0 aliphatic rings. The molecule has 3 aromatic rings. The molecule has 0 amide bonds. The van der Waals surface area contributed by atoms with Crippen LogP contribution in [0.2, 0.25) is 0 Å². The van der Waals surface area contributed by atoms with E-state index in [1.807, 2.05) is 6.07 Å². The lowest BCUT2D eigenvalue weighted by atomic mass is 10.1. The topological polar surface area (TPSA) is 12.9 Å². The summed E-state index contributed by atoms with van der Waals surface area (Å²) in [5.41, 5.74) is 3.79. The first-order valence-corrected chi connectivity index (χ1v) is 9.20. The van der Waals surface area contributed by atoms with Crippen LogP contribution in [-0.2, 0) is 6.42 Å². The molecular weight excluding hydrogens is 445 g/mol. The Morgan fingerprint density at radius 1 is 1.20 bits per heavy atom. The number of alkyl halides is 1. The molecule has 2 aromatic carbocycles. The molecule has 0 saturated carbocycles. The Morgan fingerprint density at radius 2 is 2.00 bits per heavy atom. The minimum Gasteiger partial charge on any atom is -0.241 e. The fraction of sp³-hybridized carbons (Fsp3) is 0.188. The van der Waals surface area contributed by atoms with E-state index in [1.165, 1.54) is 24.4 Å². The smallest absolute Gasteiger partial charge is 0.0953 e. The average molecular weight is 458 g/mol. The van der Waals surface area contributed by atoms with Gasteiger partial charge in [-0.2, -0.15) is 0 Å². The molecule has 0 fully saturated rings. The summed E-state index contributed by atoms with van der Waals surface area (Å²) < 4.78 is 2.61. The van der Waals surface area contributed by atoms with E-state index < -0.39 is 0 Å². The molecule has 0 N–H and O–H groups in total. The summed E-state index contributed by atoms with van der Waals surface area (Å²) in [6, 6.07) is 14.8. The monoisotopic (exact) mass is 457 g/mol. The lowest BCUT2D eigenvalue weighted by molar-refractivity contribution is 0.930. The van der Waals surface area contributed by atoms with E-state index >= 15 is 0 Å². The number of aromatic nitrogens is 1. The van der Waals surface area contributed by atoms with Gasteiger partial charge in [-0.1, -0.05) is 46.3 Å². The largest absolute Gasteiger partial charge is 0.241 e. The van der Waals surface area contributed by atoms with Gasteiger partial charge in [0.25, 0.3) is 0 Å². The van der Waals surface area contributed by atoms with Crippen molar-refractivity contribution in [3.05, 3.63) is 62.2 Å². The molecule has 4 heteroatoms. The maximum atomic E-state index is 4.72. The zero-order valence-electron chi connectivity index (χ0n) is 10.9. The van der Waals surface area contributed by atoms with Crippen molar-refractivity contribution in [3.8, 4) is 0 Å². The Bertz CT molecular complexity index is 720. The van der Waals surface area contributed by atoms with Gasteiger partial charge in [0.15, 0.2) is 0 Å². The van der Waals surface area contributed by atoms with E-state index in [4.69, 9.17) is 4.98 Å². The second-order valence-electron chi connectivity index (χ2n) is 4.73. The third-order valence-electron chi connectivity index (χ3n) is 3.25. The fourth-order valence-electron chi connectivity index (χ4n) is 2.18. The van der Waals surface area contributed by atoms with Crippen molar-refractivity contribution in [2.75, 3.05) is 0 Å². The molecule has 102 valence electrons. The summed E-state index contributed by atoms with van der Waals surface area (Å²) in [6.45, 7) is 2.16. The third-order valence-corrected chi connectivity index (χ3v) is 6.60. The Morgan fingerprint density at radius 3 is 2.80 bits per heavy atom. The number of para-hydroxylation sites is 1. The van der Waals surface area contributed by atoms with Crippen molar-refractivity contribution in [2.45, 2.75) is 18.2 Å². The number of halogens is 2. The van der Waals surface area contributed by atoms with E-state index in [0.29, 0.717) is 4.83 Å². The van der Waals surface area contributed by atoms with Crippen LogP contribution < -0.4 is 0 Å². The predicted molar refractivity (Wildman–Crippen MR) is 98.9 cm³/mol. The van der Waals surface area contributed by atoms with E-state index in [0.717, 1.165) is 11.9 Å². The molecule has 0 saturated heterocycles. The van der Waals surface area contributed by atoms with Gasteiger partial charge in [0.05, 0.1) is 15.2 Å². The SMILES string of the molecule is Cc1cccc(C(Br)Cc2nc3ccccc3s2)c1I. The van der Waals surface area contributed by atoms with Crippen molar-refractivity contribution in [2.24, 2.45) is 0 Å². The Hall–Kier alpha value is -0.460. The number of hydrogen-bond acceptors (Lipinski definition) is 2. The summed E-state index contributed by atoms with van der Waals surface area (Å²) in [6.07, 6.45) is 0.929. The Labute approximate surface area is 144 Å². The van der Waals surface area contributed by atoms with Crippen LogP contribution in [0.5, 0.6) is 0 Å². The highest BCUT2D eigenvalue weighted by molar-refractivity contribution is 14.1. The van der Waals surface area contributed by atoms with Crippen LogP contribution in [0.4, 0.5) is 0 Å². The predicted octanol–water partition coefficient (Wildman–Crippen LogP) is 5.89. The highest BCUT2D eigenvalue weighted by Crippen LogP contribution is 2.34. The van der Waals surface area contributed by atoms with Crippen LogP contribution >= 0.6 is 49.9 Å². The van der Waals surface area contributed by atoms with Crippen LogP contribution in [0.3, 0.4) is 0 Å². The minimum atomic E-state index is 0.315. The van der Waals surface area contributed by atoms with Gasteiger partial charge < -0.3 is 0 Å². The summed E-state index contributed by atoms with van der Waals surface area (Å²) in [7, 11) is 0. The fourth-order valence-corrected chi connectivity index (χ4v) is 5.26. The first kappa shape index (κ1) is 14.5. The van der Waals surface area contributed by atoms with Crippen molar-refractivity contribution in [1.29, 1.82) is 0 Å². The van der Waals surface area contributed by atoms with Crippen LogP contribution in [0.1, 0.15) is 21.0 Å². The molecular formula is C16H13BrINS. The van der Waals surface area contributed by atoms with E-state index in [-0.39, 0.29) is 0 Å². The van der Waals surface area contributed by atoms with Crippen LogP contribution in [0.15, 0.2) is 42.5 Å². The van der Waals surface area contributed by atoms with Crippen LogP contribution in [0, 0.1) is 10.5 Å². The van der Waals surface area contributed by atoms with Gasteiger partial charge >= 0.3 is 0 Å². The van der Waals surface area contributed by atoms with E-state index in [2.05, 4.69) is 81.8 Å². The van der Waals surface area contributed by atoms with Crippen LogP contribution in [-0.4, -0.2) is 4.98 Å².